The zero-order chi connectivity index (χ0) is 16.4. The van der Waals surface area contributed by atoms with Crippen LogP contribution in [0.25, 0.3) is 11.1 Å². The molecule has 1 aromatic heterocycles. The molecule has 3 aromatic rings. The molecule has 0 amide bonds. The van der Waals surface area contributed by atoms with Crippen LogP contribution in [0.15, 0.2) is 46.9 Å². The lowest BCUT2D eigenvalue weighted by Crippen LogP contribution is -2.04. The molecule has 0 aliphatic rings. The summed E-state index contributed by atoms with van der Waals surface area (Å²) in [5.41, 5.74) is 3.78. The molecule has 114 valence electrons. The lowest BCUT2D eigenvalue weighted by molar-refractivity contribution is 0.656. The molecule has 0 bridgehead atoms. The minimum Gasteiger partial charge on any atom is -0.246 e. The van der Waals surface area contributed by atoms with Gasteiger partial charge in [0.2, 0.25) is 0 Å². The summed E-state index contributed by atoms with van der Waals surface area (Å²) < 4.78 is 2.86. The van der Waals surface area contributed by atoms with Crippen molar-refractivity contribution >= 4 is 15.9 Å². The van der Waals surface area contributed by atoms with Crippen molar-refractivity contribution in [3.63, 3.8) is 0 Å². The van der Waals surface area contributed by atoms with Crippen molar-refractivity contribution in [3.05, 3.63) is 69.7 Å². The molecular weight excluding hydrogens is 352 g/mol. The van der Waals surface area contributed by atoms with Gasteiger partial charge in [0.05, 0.1) is 18.2 Å². The Kier molecular flexibility index (Phi) is 4.26. The second-order valence-electron chi connectivity index (χ2n) is 5.36. The third-order valence-electron chi connectivity index (χ3n) is 3.66. The molecule has 3 rings (SSSR count). The van der Waals surface area contributed by atoms with Crippen molar-refractivity contribution in [1.29, 1.82) is 5.26 Å². The van der Waals surface area contributed by atoms with Crippen LogP contribution >= 0.6 is 15.9 Å². The van der Waals surface area contributed by atoms with Crippen molar-refractivity contribution in [1.82, 2.24) is 14.8 Å². The van der Waals surface area contributed by atoms with Crippen LogP contribution in [-0.4, -0.2) is 14.8 Å². The summed E-state index contributed by atoms with van der Waals surface area (Å²) >= 11 is 3.46. The molecule has 0 aliphatic heterocycles. The van der Waals surface area contributed by atoms with Gasteiger partial charge in [0.25, 0.3) is 0 Å². The van der Waals surface area contributed by atoms with Crippen molar-refractivity contribution in [2.45, 2.75) is 20.4 Å². The number of nitrogens with zero attached hydrogens (tertiary/aromatic N) is 4. The van der Waals surface area contributed by atoms with E-state index in [1.54, 1.807) is 0 Å². The topological polar surface area (TPSA) is 54.5 Å². The van der Waals surface area contributed by atoms with Crippen LogP contribution < -0.4 is 0 Å². The maximum atomic E-state index is 9.27. The van der Waals surface area contributed by atoms with Crippen molar-refractivity contribution in [2.75, 3.05) is 0 Å². The summed E-state index contributed by atoms with van der Waals surface area (Å²) in [7, 11) is 0. The van der Waals surface area contributed by atoms with Gasteiger partial charge in [-0.1, -0.05) is 40.2 Å². The molecule has 0 radical (unpaired) electrons. The molecule has 1 heterocycles. The smallest absolute Gasteiger partial charge is 0.147 e. The maximum Gasteiger partial charge on any atom is 0.147 e. The van der Waals surface area contributed by atoms with E-state index in [9.17, 15) is 5.26 Å². The van der Waals surface area contributed by atoms with Gasteiger partial charge in [0.15, 0.2) is 0 Å². The maximum absolute atomic E-state index is 9.27. The summed E-state index contributed by atoms with van der Waals surface area (Å²) in [6.07, 6.45) is 0. The lowest BCUT2D eigenvalue weighted by Gasteiger charge is -2.08. The summed E-state index contributed by atoms with van der Waals surface area (Å²) in [5, 5.41) is 13.7. The molecule has 0 saturated heterocycles. The number of nitriles is 1. The predicted molar refractivity (Wildman–Crippen MR) is 92.9 cm³/mol. The highest BCUT2D eigenvalue weighted by molar-refractivity contribution is 9.10. The van der Waals surface area contributed by atoms with Crippen LogP contribution in [0.4, 0.5) is 0 Å². The first-order chi connectivity index (χ1) is 11.1. The average Bonchev–Trinajstić information content (AvgIpc) is 2.85. The number of aromatic nitrogens is 3. The molecular formula is C18H15BrN4. The highest BCUT2D eigenvalue weighted by Crippen LogP contribution is 2.27. The normalized spacial score (nSPS) is 10.5. The molecule has 0 saturated carbocycles. The fourth-order valence-electron chi connectivity index (χ4n) is 2.53. The molecule has 4 nitrogen and oxygen atoms in total. The van der Waals surface area contributed by atoms with Crippen molar-refractivity contribution < 1.29 is 0 Å². The first-order valence-corrected chi connectivity index (χ1v) is 8.03. The van der Waals surface area contributed by atoms with Crippen LogP contribution in [-0.2, 0) is 6.54 Å². The molecule has 0 spiro atoms. The predicted octanol–water partition coefficient (Wildman–Crippen LogP) is 4.24. The van der Waals surface area contributed by atoms with Gasteiger partial charge in [-0.15, -0.1) is 0 Å². The Hall–Kier alpha value is -2.45. The van der Waals surface area contributed by atoms with Gasteiger partial charge in [0.1, 0.15) is 11.6 Å². The molecule has 0 unspecified atom stereocenters. The Bertz CT molecular complexity index is 888. The minimum atomic E-state index is 0.670. The SMILES string of the molecule is Cc1nc(C)n(Cc2ccc(-c3cc(Br)ccc3C#N)cc2)n1. The van der Waals surface area contributed by atoms with E-state index in [2.05, 4.69) is 44.2 Å². The van der Waals surface area contributed by atoms with Crippen LogP contribution in [0.2, 0.25) is 0 Å². The Labute approximate surface area is 143 Å². The van der Waals surface area contributed by atoms with E-state index in [1.807, 2.05) is 48.9 Å². The number of rotatable bonds is 3. The molecule has 0 N–H and O–H groups in total. The number of benzene rings is 2. The second-order valence-corrected chi connectivity index (χ2v) is 6.28. The molecule has 0 aliphatic carbocycles. The number of aryl methyl sites for hydroxylation is 2. The van der Waals surface area contributed by atoms with Gasteiger partial charge in [-0.05, 0) is 43.2 Å². The van der Waals surface area contributed by atoms with Gasteiger partial charge in [0, 0.05) is 10.0 Å². The monoisotopic (exact) mass is 366 g/mol. The zero-order valence-electron chi connectivity index (χ0n) is 12.9. The number of halogens is 1. The fourth-order valence-corrected chi connectivity index (χ4v) is 2.89. The van der Waals surface area contributed by atoms with E-state index in [4.69, 9.17) is 0 Å². The van der Waals surface area contributed by atoms with Crippen LogP contribution in [0.3, 0.4) is 0 Å². The zero-order valence-corrected chi connectivity index (χ0v) is 14.5. The largest absolute Gasteiger partial charge is 0.246 e. The Balaban J connectivity index is 1.90. The highest BCUT2D eigenvalue weighted by atomic mass is 79.9. The third-order valence-corrected chi connectivity index (χ3v) is 4.16. The highest BCUT2D eigenvalue weighted by Gasteiger charge is 2.07. The standard InChI is InChI=1S/C18H15BrN4/c1-12-21-13(2)23(22-12)11-14-3-5-15(6-4-14)18-9-17(19)8-7-16(18)10-20/h3-9H,11H2,1-2H3. The molecule has 23 heavy (non-hydrogen) atoms. The van der Waals surface area contributed by atoms with Gasteiger partial charge in [-0.3, -0.25) is 0 Å². The van der Waals surface area contributed by atoms with Gasteiger partial charge < -0.3 is 0 Å². The molecule has 0 atom stereocenters. The molecule has 5 heteroatoms. The first-order valence-electron chi connectivity index (χ1n) is 7.24. The van der Waals surface area contributed by atoms with E-state index in [-0.39, 0.29) is 0 Å². The minimum absolute atomic E-state index is 0.670. The van der Waals surface area contributed by atoms with E-state index in [1.165, 1.54) is 0 Å². The Morgan fingerprint density at radius 2 is 1.87 bits per heavy atom. The number of hydrogen-bond acceptors (Lipinski definition) is 3. The Morgan fingerprint density at radius 1 is 1.13 bits per heavy atom. The fraction of sp³-hybridized carbons (Fsp3) is 0.167. The van der Waals surface area contributed by atoms with Crippen LogP contribution in [0.5, 0.6) is 0 Å². The van der Waals surface area contributed by atoms with Crippen molar-refractivity contribution in [3.8, 4) is 17.2 Å². The van der Waals surface area contributed by atoms with Crippen LogP contribution in [0, 0.1) is 25.2 Å². The average molecular weight is 367 g/mol. The first kappa shape index (κ1) is 15.4. The summed E-state index contributed by atoms with van der Waals surface area (Å²) in [4.78, 5) is 4.32. The van der Waals surface area contributed by atoms with Crippen LogP contribution in [0.1, 0.15) is 22.8 Å². The van der Waals surface area contributed by atoms with E-state index in [0.717, 1.165) is 32.8 Å². The Morgan fingerprint density at radius 3 is 2.48 bits per heavy atom. The third kappa shape index (κ3) is 3.33. The van der Waals surface area contributed by atoms with Gasteiger partial charge in [-0.25, -0.2) is 9.67 Å². The lowest BCUT2D eigenvalue weighted by atomic mass is 9.99. The summed E-state index contributed by atoms with van der Waals surface area (Å²) in [6, 6.07) is 16.1. The van der Waals surface area contributed by atoms with E-state index in [0.29, 0.717) is 12.1 Å². The molecule has 0 fully saturated rings. The van der Waals surface area contributed by atoms with E-state index < -0.39 is 0 Å². The van der Waals surface area contributed by atoms with E-state index >= 15 is 0 Å². The quantitative estimate of drug-likeness (QED) is 0.696. The van der Waals surface area contributed by atoms with Gasteiger partial charge in [-0.2, -0.15) is 10.4 Å². The summed E-state index contributed by atoms with van der Waals surface area (Å²) in [6.45, 7) is 4.54. The van der Waals surface area contributed by atoms with Crippen molar-refractivity contribution in [2.24, 2.45) is 0 Å². The van der Waals surface area contributed by atoms with Gasteiger partial charge >= 0.3 is 0 Å². The summed E-state index contributed by atoms with van der Waals surface area (Å²) in [5.74, 6) is 1.69. The second kappa shape index (κ2) is 6.35. The molecule has 2 aromatic carbocycles. The number of hydrogen-bond donors (Lipinski definition) is 0.